The van der Waals surface area contributed by atoms with Crippen LogP contribution >= 0.6 is 0 Å². The molecule has 2 aliphatic rings. The van der Waals surface area contributed by atoms with Crippen LogP contribution in [0.25, 0.3) is 11.3 Å². The van der Waals surface area contributed by atoms with Crippen molar-refractivity contribution in [3.8, 4) is 11.3 Å². The number of aromatic nitrogens is 6. The second kappa shape index (κ2) is 11.1. The third kappa shape index (κ3) is 6.06. The summed E-state index contributed by atoms with van der Waals surface area (Å²) in [6.45, 7) is 9.17. The van der Waals surface area contributed by atoms with Crippen LogP contribution < -0.4 is 5.32 Å². The molecule has 11 heteroatoms. The van der Waals surface area contributed by atoms with Gasteiger partial charge in [0.15, 0.2) is 0 Å². The molecule has 0 aliphatic carbocycles. The van der Waals surface area contributed by atoms with Gasteiger partial charge in [0.05, 0.1) is 24.2 Å². The fourth-order valence-electron chi connectivity index (χ4n) is 5.58. The zero-order valence-electron chi connectivity index (χ0n) is 24.0. The standard InChI is InChI=1S/C30H36N8O3/c1-30(2,3)28-36-35-27(41-28)26(39)14-21-16-38(23-9-12-40-18-23)11-8-19-13-20(5-6-24(19)21)25-7-10-31-29(34-25)33-22-15-32-37(4)17-22/h5-7,10,13,15,17,21,23H,8-9,11-12,14,16,18H2,1-4H3,(H,31,33,34). The molecule has 3 aromatic heterocycles. The summed E-state index contributed by atoms with van der Waals surface area (Å²) in [5, 5.41) is 15.6. The summed E-state index contributed by atoms with van der Waals surface area (Å²) in [5.41, 5.74) is 4.75. The summed E-state index contributed by atoms with van der Waals surface area (Å²) in [5.74, 6) is 0.935. The van der Waals surface area contributed by atoms with E-state index in [1.807, 2.05) is 40.1 Å². The lowest BCUT2D eigenvalue weighted by molar-refractivity contribution is 0.0919. The predicted molar refractivity (Wildman–Crippen MR) is 153 cm³/mol. The van der Waals surface area contributed by atoms with E-state index in [4.69, 9.17) is 14.1 Å². The first-order valence-electron chi connectivity index (χ1n) is 14.1. The van der Waals surface area contributed by atoms with Crippen molar-refractivity contribution in [2.24, 2.45) is 7.05 Å². The second-order valence-corrected chi connectivity index (χ2v) is 12.0. The first-order valence-corrected chi connectivity index (χ1v) is 14.1. The zero-order valence-corrected chi connectivity index (χ0v) is 24.0. The largest absolute Gasteiger partial charge is 0.418 e. The third-order valence-electron chi connectivity index (χ3n) is 7.78. The molecule has 1 fully saturated rings. The molecular weight excluding hydrogens is 520 g/mol. The summed E-state index contributed by atoms with van der Waals surface area (Å²) in [6.07, 6.45) is 7.55. The Bertz CT molecular complexity index is 1530. The number of hydrogen-bond donors (Lipinski definition) is 1. The van der Waals surface area contributed by atoms with Gasteiger partial charge in [0.2, 0.25) is 17.6 Å². The Morgan fingerprint density at radius 2 is 2.07 bits per heavy atom. The molecule has 0 spiro atoms. The summed E-state index contributed by atoms with van der Waals surface area (Å²) in [6, 6.07) is 8.73. The van der Waals surface area contributed by atoms with Gasteiger partial charge in [-0.3, -0.25) is 14.4 Å². The molecule has 6 rings (SSSR count). The van der Waals surface area contributed by atoms with Gasteiger partial charge in [0.25, 0.3) is 5.89 Å². The van der Waals surface area contributed by atoms with E-state index in [2.05, 4.69) is 48.7 Å². The molecule has 11 nitrogen and oxygen atoms in total. The van der Waals surface area contributed by atoms with Gasteiger partial charge in [0, 0.05) is 68.5 Å². The fraction of sp³-hybridized carbons (Fsp3) is 0.467. The molecule has 214 valence electrons. The normalized spacial score (nSPS) is 19.6. The smallest absolute Gasteiger partial charge is 0.284 e. The van der Waals surface area contributed by atoms with Crippen LogP contribution in [-0.2, 0) is 23.6 Å². The van der Waals surface area contributed by atoms with E-state index in [9.17, 15) is 4.79 Å². The van der Waals surface area contributed by atoms with Crippen molar-refractivity contribution in [1.29, 1.82) is 0 Å². The highest BCUT2D eigenvalue weighted by Gasteiger charge is 2.32. The highest BCUT2D eigenvalue weighted by molar-refractivity contribution is 5.92. The van der Waals surface area contributed by atoms with Gasteiger partial charge >= 0.3 is 0 Å². The van der Waals surface area contributed by atoms with Crippen molar-refractivity contribution in [3.63, 3.8) is 0 Å². The number of ketones is 1. The molecule has 41 heavy (non-hydrogen) atoms. The molecule has 1 saturated heterocycles. The Labute approximate surface area is 239 Å². The summed E-state index contributed by atoms with van der Waals surface area (Å²) in [7, 11) is 1.87. The molecule has 1 aromatic carbocycles. The maximum Gasteiger partial charge on any atom is 0.284 e. The maximum atomic E-state index is 13.4. The number of anilines is 2. The molecule has 1 N–H and O–H groups in total. The Balaban J connectivity index is 1.28. The van der Waals surface area contributed by atoms with Crippen molar-refractivity contribution < 1.29 is 13.9 Å². The van der Waals surface area contributed by atoms with Gasteiger partial charge in [-0.1, -0.05) is 32.9 Å². The molecule has 2 aliphatic heterocycles. The topological polar surface area (TPSA) is 124 Å². The van der Waals surface area contributed by atoms with E-state index >= 15 is 0 Å². The number of ether oxygens (including phenoxy) is 1. The Kier molecular flexibility index (Phi) is 7.39. The van der Waals surface area contributed by atoms with Crippen LogP contribution in [0.3, 0.4) is 0 Å². The minimum absolute atomic E-state index is 0.00663. The Morgan fingerprint density at radius 1 is 1.20 bits per heavy atom. The third-order valence-corrected chi connectivity index (χ3v) is 7.78. The van der Waals surface area contributed by atoms with Crippen LogP contribution in [0.5, 0.6) is 0 Å². The highest BCUT2D eigenvalue weighted by atomic mass is 16.5. The lowest BCUT2D eigenvalue weighted by Crippen LogP contribution is -2.39. The van der Waals surface area contributed by atoms with Crippen LogP contribution in [0.2, 0.25) is 0 Å². The summed E-state index contributed by atoms with van der Waals surface area (Å²) >= 11 is 0. The van der Waals surface area contributed by atoms with Gasteiger partial charge in [-0.25, -0.2) is 9.97 Å². The fourth-order valence-corrected chi connectivity index (χ4v) is 5.58. The second-order valence-electron chi connectivity index (χ2n) is 12.0. The first kappa shape index (κ1) is 27.2. The lowest BCUT2D eigenvalue weighted by Gasteiger charge is -2.29. The van der Waals surface area contributed by atoms with E-state index in [0.29, 0.717) is 24.3 Å². The lowest BCUT2D eigenvalue weighted by atomic mass is 9.88. The Morgan fingerprint density at radius 3 is 2.80 bits per heavy atom. The SMILES string of the molecule is Cn1cc(Nc2nccc(-c3ccc4c(c3)CCN(C3CCOC3)CC4CC(=O)c3nnc(C(C)(C)C)o3)n2)cn1. The number of hydrogen-bond acceptors (Lipinski definition) is 10. The highest BCUT2D eigenvalue weighted by Crippen LogP contribution is 2.34. The molecule has 2 unspecified atom stereocenters. The van der Waals surface area contributed by atoms with Crippen LogP contribution in [0.15, 0.2) is 47.3 Å². The number of benzene rings is 1. The van der Waals surface area contributed by atoms with Crippen molar-refractivity contribution in [2.45, 2.75) is 57.4 Å². The molecule has 0 amide bonds. The van der Waals surface area contributed by atoms with Gasteiger partial charge < -0.3 is 14.5 Å². The minimum Gasteiger partial charge on any atom is -0.418 e. The average Bonchev–Trinajstić information content (AvgIpc) is 3.71. The maximum absolute atomic E-state index is 13.4. The summed E-state index contributed by atoms with van der Waals surface area (Å²) < 4.78 is 13.2. The molecule has 0 radical (unpaired) electrons. The number of fused-ring (bicyclic) bond motifs is 1. The zero-order chi connectivity index (χ0) is 28.6. The van der Waals surface area contributed by atoms with E-state index in [0.717, 1.165) is 56.1 Å². The van der Waals surface area contributed by atoms with Crippen LogP contribution in [0.1, 0.15) is 67.2 Å². The predicted octanol–water partition coefficient (Wildman–Crippen LogP) is 4.30. The molecule has 4 aromatic rings. The van der Waals surface area contributed by atoms with Crippen molar-refractivity contribution >= 4 is 17.4 Å². The van der Waals surface area contributed by atoms with Gasteiger partial charge in [-0.2, -0.15) is 5.10 Å². The number of aryl methyl sites for hydroxylation is 1. The number of nitrogens with zero attached hydrogens (tertiary/aromatic N) is 7. The molecule has 2 atom stereocenters. The summed E-state index contributed by atoms with van der Waals surface area (Å²) in [4.78, 5) is 25.0. The van der Waals surface area contributed by atoms with Gasteiger partial charge in [-0.05, 0) is 36.1 Å². The van der Waals surface area contributed by atoms with Crippen LogP contribution in [0, 0.1) is 0 Å². The van der Waals surface area contributed by atoms with E-state index in [-0.39, 0.29) is 23.0 Å². The monoisotopic (exact) mass is 556 g/mol. The molecule has 0 saturated carbocycles. The van der Waals surface area contributed by atoms with Crippen molar-refractivity contribution in [3.05, 3.63) is 65.8 Å². The first-order chi connectivity index (χ1) is 19.7. The number of carbonyl (C=O) groups is 1. The van der Waals surface area contributed by atoms with E-state index in [1.54, 1.807) is 17.1 Å². The van der Waals surface area contributed by atoms with Gasteiger partial charge in [0.1, 0.15) is 0 Å². The molecule has 5 heterocycles. The number of rotatable bonds is 7. The van der Waals surface area contributed by atoms with Crippen molar-refractivity contribution in [1.82, 2.24) is 34.8 Å². The van der Waals surface area contributed by atoms with Crippen molar-refractivity contribution in [2.75, 3.05) is 31.6 Å². The number of Topliss-reactive ketones (excluding diaryl/α,β-unsaturated/α-hetero) is 1. The van der Waals surface area contributed by atoms with E-state index < -0.39 is 0 Å². The molecule has 0 bridgehead atoms. The quantitative estimate of drug-likeness (QED) is 0.329. The van der Waals surface area contributed by atoms with E-state index in [1.165, 1.54) is 11.1 Å². The minimum atomic E-state index is -0.315. The van der Waals surface area contributed by atoms with Gasteiger partial charge in [-0.15, -0.1) is 10.2 Å². The molecular formula is C30H36N8O3. The van der Waals surface area contributed by atoms with Crippen LogP contribution in [0.4, 0.5) is 11.6 Å². The number of carbonyl (C=O) groups excluding carboxylic acids is 1. The average molecular weight is 557 g/mol. The Hall–Kier alpha value is -3.96. The van der Waals surface area contributed by atoms with Crippen LogP contribution in [-0.4, -0.2) is 73.0 Å². The number of nitrogens with one attached hydrogen (secondary N) is 1.